The summed E-state index contributed by atoms with van der Waals surface area (Å²) in [5.41, 5.74) is -0.219. The third kappa shape index (κ3) is 3.38. The number of nitrogens with one attached hydrogen (secondary N) is 2. The Hall–Kier alpha value is -1.85. The SMILES string of the molecule is CCCN(CC(=O)NC)c1cc(=O)[nH]cn1. The molecule has 0 saturated carbocycles. The monoisotopic (exact) mass is 224 g/mol. The average Bonchev–Trinajstić information content (AvgIpc) is 2.28. The second-order valence-electron chi connectivity index (χ2n) is 3.36. The molecule has 0 aliphatic heterocycles. The van der Waals surface area contributed by atoms with Gasteiger partial charge in [0.15, 0.2) is 0 Å². The van der Waals surface area contributed by atoms with E-state index in [1.54, 1.807) is 11.9 Å². The van der Waals surface area contributed by atoms with E-state index in [2.05, 4.69) is 15.3 Å². The standard InChI is InChI=1S/C10H16N4O2/c1-3-4-14(6-10(16)11-2)8-5-9(15)13-7-12-8/h5,7H,3-4,6H2,1-2H3,(H,11,16)(H,12,13,15). The Labute approximate surface area is 93.7 Å². The number of nitrogens with zero attached hydrogens (tertiary/aromatic N) is 2. The third-order valence-corrected chi connectivity index (χ3v) is 2.09. The van der Waals surface area contributed by atoms with Crippen LogP contribution in [0, 0.1) is 0 Å². The van der Waals surface area contributed by atoms with Crippen molar-refractivity contribution in [2.45, 2.75) is 13.3 Å². The van der Waals surface area contributed by atoms with Gasteiger partial charge in [-0.1, -0.05) is 6.92 Å². The maximum absolute atomic E-state index is 11.3. The molecule has 6 nitrogen and oxygen atoms in total. The Morgan fingerprint density at radius 1 is 1.62 bits per heavy atom. The Kier molecular flexibility index (Phi) is 4.50. The van der Waals surface area contributed by atoms with Crippen molar-refractivity contribution in [3.05, 3.63) is 22.7 Å². The molecule has 0 spiro atoms. The van der Waals surface area contributed by atoms with Crippen LogP contribution in [0.15, 0.2) is 17.2 Å². The molecule has 0 fully saturated rings. The molecule has 0 bridgehead atoms. The molecule has 1 heterocycles. The molecule has 0 unspecified atom stereocenters. The Morgan fingerprint density at radius 2 is 2.38 bits per heavy atom. The minimum Gasteiger partial charge on any atom is -0.358 e. The Morgan fingerprint density at radius 3 is 2.94 bits per heavy atom. The second kappa shape index (κ2) is 5.89. The maximum atomic E-state index is 11.3. The van der Waals surface area contributed by atoms with Crippen molar-refractivity contribution in [2.75, 3.05) is 25.0 Å². The van der Waals surface area contributed by atoms with Gasteiger partial charge >= 0.3 is 0 Å². The molecule has 6 heteroatoms. The normalized spacial score (nSPS) is 9.88. The molecule has 1 rings (SSSR count). The number of aromatic nitrogens is 2. The van der Waals surface area contributed by atoms with E-state index in [1.807, 2.05) is 6.92 Å². The van der Waals surface area contributed by atoms with Gasteiger partial charge in [0, 0.05) is 19.7 Å². The number of carbonyl (C=O) groups is 1. The highest BCUT2D eigenvalue weighted by molar-refractivity contribution is 5.80. The maximum Gasteiger partial charge on any atom is 0.252 e. The van der Waals surface area contributed by atoms with Crippen LogP contribution >= 0.6 is 0 Å². The van der Waals surface area contributed by atoms with Gasteiger partial charge in [0.2, 0.25) is 5.91 Å². The van der Waals surface area contributed by atoms with Crippen LogP contribution in [-0.2, 0) is 4.79 Å². The van der Waals surface area contributed by atoms with Crippen molar-refractivity contribution in [3.8, 4) is 0 Å². The van der Waals surface area contributed by atoms with Crippen LogP contribution in [0.3, 0.4) is 0 Å². The van der Waals surface area contributed by atoms with Crippen molar-refractivity contribution in [2.24, 2.45) is 0 Å². The number of likely N-dealkylation sites (N-methyl/N-ethyl adjacent to an activating group) is 1. The molecule has 0 saturated heterocycles. The van der Waals surface area contributed by atoms with Crippen LogP contribution < -0.4 is 15.8 Å². The quantitative estimate of drug-likeness (QED) is 0.722. The fourth-order valence-electron chi connectivity index (χ4n) is 1.33. The molecule has 0 radical (unpaired) electrons. The van der Waals surface area contributed by atoms with Crippen LogP contribution in [0.4, 0.5) is 5.82 Å². The molecule has 1 aromatic rings. The molecule has 16 heavy (non-hydrogen) atoms. The molecule has 0 atom stereocenters. The van der Waals surface area contributed by atoms with Gasteiger partial charge in [0.05, 0.1) is 12.9 Å². The molecule has 0 aliphatic carbocycles. The van der Waals surface area contributed by atoms with Crippen LogP contribution in [-0.4, -0.2) is 36.0 Å². The summed E-state index contributed by atoms with van der Waals surface area (Å²) in [5.74, 6) is 0.421. The first kappa shape index (κ1) is 12.2. The van der Waals surface area contributed by atoms with Crippen molar-refractivity contribution >= 4 is 11.7 Å². The molecule has 0 aromatic carbocycles. The lowest BCUT2D eigenvalue weighted by atomic mass is 10.3. The van der Waals surface area contributed by atoms with E-state index in [4.69, 9.17) is 0 Å². The predicted molar refractivity (Wildman–Crippen MR) is 61.4 cm³/mol. The third-order valence-electron chi connectivity index (χ3n) is 2.09. The van der Waals surface area contributed by atoms with E-state index in [1.165, 1.54) is 12.4 Å². The Bertz CT molecular complexity index is 402. The lowest BCUT2D eigenvalue weighted by Gasteiger charge is -2.21. The number of amides is 1. The number of aromatic amines is 1. The lowest BCUT2D eigenvalue weighted by molar-refractivity contribution is -0.119. The zero-order valence-electron chi connectivity index (χ0n) is 9.49. The molecule has 0 aliphatic rings. The summed E-state index contributed by atoms with van der Waals surface area (Å²) in [6.07, 6.45) is 2.22. The predicted octanol–water partition coefficient (Wildman–Crippen LogP) is -0.268. The number of H-pyrrole nitrogens is 1. The minimum absolute atomic E-state index is 0.101. The highest BCUT2D eigenvalue weighted by Crippen LogP contribution is 2.06. The molecule has 1 amide bonds. The molecule has 88 valence electrons. The van der Waals surface area contributed by atoms with Gasteiger partial charge in [-0.05, 0) is 6.42 Å². The summed E-state index contributed by atoms with van der Waals surface area (Å²) >= 11 is 0. The van der Waals surface area contributed by atoms with Gasteiger partial charge in [0.1, 0.15) is 5.82 Å². The minimum atomic E-state index is -0.219. The van der Waals surface area contributed by atoms with Gasteiger partial charge in [-0.25, -0.2) is 4.98 Å². The Balaban J connectivity index is 2.84. The number of anilines is 1. The summed E-state index contributed by atoms with van der Waals surface area (Å²) in [6.45, 7) is 2.90. The van der Waals surface area contributed by atoms with E-state index in [-0.39, 0.29) is 18.0 Å². The van der Waals surface area contributed by atoms with E-state index < -0.39 is 0 Å². The fraction of sp³-hybridized carbons (Fsp3) is 0.500. The topological polar surface area (TPSA) is 78.1 Å². The van der Waals surface area contributed by atoms with E-state index in [9.17, 15) is 9.59 Å². The van der Waals surface area contributed by atoms with Crippen molar-refractivity contribution in [1.82, 2.24) is 15.3 Å². The summed E-state index contributed by atoms with van der Waals surface area (Å²) in [4.78, 5) is 30.7. The lowest BCUT2D eigenvalue weighted by Crippen LogP contribution is -2.37. The molecule has 1 aromatic heterocycles. The average molecular weight is 224 g/mol. The van der Waals surface area contributed by atoms with E-state index in [0.29, 0.717) is 12.4 Å². The first-order valence-electron chi connectivity index (χ1n) is 5.17. The highest BCUT2D eigenvalue weighted by atomic mass is 16.2. The van der Waals surface area contributed by atoms with Crippen LogP contribution in [0.1, 0.15) is 13.3 Å². The van der Waals surface area contributed by atoms with Gasteiger partial charge in [-0.2, -0.15) is 0 Å². The molecule has 2 N–H and O–H groups in total. The summed E-state index contributed by atoms with van der Waals surface area (Å²) in [6, 6.07) is 1.39. The first-order chi connectivity index (χ1) is 7.67. The van der Waals surface area contributed by atoms with Gasteiger partial charge in [0.25, 0.3) is 5.56 Å². The van der Waals surface area contributed by atoms with Crippen LogP contribution in [0.25, 0.3) is 0 Å². The fourth-order valence-corrected chi connectivity index (χ4v) is 1.33. The summed E-state index contributed by atoms with van der Waals surface area (Å²) in [5, 5.41) is 2.54. The second-order valence-corrected chi connectivity index (χ2v) is 3.36. The van der Waals surface area contributed by atoms with E-state index in [0.717, 1.165) is 6.42 Å². The summed E-state index contributed by atoms with van der Waals surface area (Å²) in [7, 11) is 1.58. The van der Waals surface area contributed by atoms with Gasteiger partial charge in [-0.15, -0.1) is 0 Å². The number of hydrogen-bond acceptors (Lipinski definition) is 4. The number of rotatable bonds is 5. The van der Waals surface area contributed by atoms with E-state index >= 15 is 0 Å². The van der Waals surface area contributed by atoms with Crippen LogP contribution in [0.2, 0.25) is 0 Å². The van der Waals surface area contributed by atoms with Crippen molar-refractivity contribution in [3.63, 3.8) is 0 Å². The smallest absolute Gasteiger partial charge is 0.252 e. The van der Waals surface area contributed by atoms with Gasteiger partial charge < -0.3 is 15.2 Å². The number of hydrogen-bond donors (Lipinski definition) is 2. The number of carbonyl (C=O) groups excluding carboxylic acids is 1. The molecular formula is C10H16N4O2. The first-order valence-corrected chi connectivity index (χ1v) is 5.17. The van der Waals surface area contributed by atoms with Gasteiger partial charge in [-0.3, -0.25) is 9.59 Å². The molecular weight excluding hydrogens is 208 g/mol. The van der Waals surface area contributed by atoms with Crippen LogP contribution in [0.5, 0.6) is 0 Å². The zero-order chi connectivity index (χ0) is 12.0. The highest BCUT2D eigenvalue weighted by Gasteiger charge is 2.10. The van der Waals surface area contributed by atoms with Crippen molar-refractivity contribution in [1.29, 1.82) is 0 Å². The van der Waals surface area contributed by atoms with Crippen molar-refractivity contribution < 1.29 is 4.79 Å². The summed E-state index contributed by atoms with van der Waals surface area (Å²) < 4.78 is 0. The zero-order valence-corrected chi connectivity index (χ0v) is 9.49. The largest absolute Gasteiger partial charge is 0.358 e.